The highest BCUT2D eigenvalue weighted by Crippen LogP contribution is 2.24. The van der Waals surface area contributed by atoms with Crippen LogP contribution in [0.3, 0.4) is 0 Å². The molecule has 0 amide bonds. The van der Waals surface area contributed by atoms with Gasteiger partial charge in [-0.2, -0.15) is 0 Å². The van der Waals surface area contributed by atoms with Crippen LogP contribution in [-0.4, -0.2) is 15.8 Å². The van der Waals surface area contributed by atoms with Crippen molar-refractivity contribution in [1.29, 1.82) is 0 Å². The van der Waals surface area contributed by atoms with E-state index in [4.69, 9.17) is 0 Å². The minimum Gasteiger partial charge on any atom is -0.507 e. The lowest BCUT2D eigenvalue weighted by Gasteiger charge is -2.11. The number of aromatic hydroxyl groups is 1. The fraction of sp³-hybridized carbons (Fsp3) is 0.300. The van der Waals surface area contributed by atoms with Gasteiger partial charge in [0.25, 0.3) is 0 Å². The smallest absolute Gasteiger partial charge is 0.124 e. The van der Waals surface area contributed by atoms with Crippen LogP contribution in [0.25, 0.3) is 5.70 Å². The van der Waals surface area contributed by atoms with Crippen molar-refractivity contribution in [1.82, 2.24) is 4.98 Å². The normalized spacial score (nSPS) is 11.5. The summed E-state index contributed by atoms with van der Waals surface area (Å²) in [6.45, 7) is 10.2. The highest BCUT2D eigenvalue weighted by molar-refractivity contribution is 6.05. The van der Waals surface area contributed by atoms with Gasteiger partial charge in [-0.25, -0.2) is 0 Å². The van der Waals surface area contributed by atoms with Crippen molar-refractivity contribution >= 4 is 11.4 Å². The molecule has 0 saturated carbocycles. The summed E-state index contributed by atoms with van der Waals surface area (Å²) in [4.78, 5) is 9.02. The van der Waals surface area contributed by atoms with E-state index in [2.05, 4.69) is 23.5 Å². The van der Waals surface area contributed by atoms with Gasteiger partial charge in [0, 0.05) is 11.8 Å². The molecule has 0 aliphatic carbocycles. The molecule has 0 fully saturated rings. The predicted octanol–water partition coefficient (Wildman–Crippen LogP) is 4.92. The van der Waals surface area contributed by atoms with E-state index in [-0.39, 0.29) is 5.75 Å². The van der Waals surface area contributed by atoms with Crippen LogP contribution in [0.4, 0.5) is 0 Å². The average Bonchev–Trinajstić information content (AvgIpc) is 2.55. The first-order chi connectivity index (χ1) is 11.1. The molecule has 2 rings (SSSR count). The van der Waals surface area contributed by atoms with Gasteiger partial charge in [-0.15, -0.1) is 0 Å². The number of benzene rings is 1. The van der Waals surface area contributed by atoms with Crippen molar-refractivity contribution in [2.45, 2.75) is 40.0 Å². The molecule has 0 aliphatic rings. The third-order valence-electron chi connectivity index (χ3n) is 3.80. The lowest BCUT2D eigenvalue weighted by molar-refractivity contribution is 0.473. The maximum atomic E-state index is 10.2. The van der Waals surface area contributed by atoms with E-state index in [1.165, 1.54) is 5.56 Å². The zero-order chi connectivity index (χ0) is 16.8. The van der Waals surface area contributed by atoms with E-state index in [0.29, 0.717) is 12.1 Å². The van der Waals surface area contributed by atoms with E-state index in [0.717, 1.165) is 35.4 Å². The second-order valence-electron chi connectivity index (χ2n) is 5.63. The summed E-state index contributed by atoms with van der Waals surface area (Å²) < 4.78 is 0. The Morgan fingerprint density at radius 2 is 2.04 bits per heavy atom. The average molecular weight is 308 g/mol. The summed E-state index contributed by atoms with van der Waals surface area (Å²) in [6, 6.07) is 9.64. The van der Waals surface area contributed by atoms with Gasteiger partial charge in [-0.05, 0) is 49.1 Å². The fourth-order valence-corrected chi connectivity index (χ4v) is 2.59. The van der Waals surface area contributed by atoms with Crippen LogP contribution in [-0.2, 0) is 6.42 Å². The number of hydrogen-bond donors (Lipinski definition) is 1. The topological polar surface area (TPSA) is 45.5 Å². The SMILES string of the molecule is C=C(N=C(CC)c1cc(CCC)ccc1O)c1ncccc1C. The molecule has 0 unspecified atom stereocenters. The molecule has 3 heteroatoms. The van der Waals surface area contributed by atoms with E-state index < -0.39 is 0 Å². The molecule has 120 valence electrons. The highest BCUT2D eigenvalue weighted by atomic mass is 16.3. The third-order valence-corrected chi connectivity index (χ3v) is 3.80. The van der Waals surface area contributed by atoms with E-state index in [9.17, 15) is 5.11 Å². The Balaban J connectivity index is 2.41. The van der Waals surface area contributed by atoms with Crippen LogP contribution >= 0.6 is 0 Å². The molecule has 1 aromatic carbocycles. The van der Waals surface area contributed by atoms with Crippen molar-refractivity contribution in [3.8, 4) is 5.75 Å². The molecule has 1 N–H and O–H groups in total. The summed E-state index contributed by atoms with van der Waals surface area (Å²) in [6.07, 6.45) is 4.52. The third kappa shape index (κ3) is 4.07. The number of hydrogen-bond acceptors (Lipinski definition) is 3. The van der Waals surface area contributed by atoms with Crippen molar-refractivity contribution < 1.29 is 5.11 Å². The first-order valence-electron chi connectivity index (χ1n) is 8.07. The second kappa shape index (κ2) is 7.73. The van der Waals surface area contributed by atoms with Gasteiger partial charge >= 0.3 is 0 Å². The molecular weight excluding hydrogens is 284 g/mol. The molecule has 0 spiro atoms. The van der Waals surface area contributed by atoms with E-state index in [1.54, 1.807) is 12.3 Å². The molecule has 0 aliphatic heterocycles. The predicted molar refractivity (Wildman–Crippen MR) is 96.9 cm³/mol. The number of nitrogens with zero attached hydrogens (tertiary/aromatic N) is 2. The molecule has 2 aromatic rings. The first-order valence-corrected chi connectivity index (χ1v) is 8.07. The van der Waals surface area contributed by atoms with Gasteiger partial charge in [0.2, 0.25) is 0 Å². The summed E-state index contributed by atoms with van der Waals surface area (Å²) >= 11 is 0. The van der Waals surface area contributed by atoms with Crippen LogP contribution < -0.4 is 0 Å². The number of pyridine rings is 1. The number of aromatic nitrogens is 1. The summed E-state index contributed by atoms with van der Waals surface area (Å²) in [5, 5.41) is 10.2. The number of aryl methyl sites for hydroxylation is 2. The Morgan fingerprint density at radius 3 is 2.70 bits per heavy atom. The van der Waals surface area contributed by atoms with Gasteiger partial charge in [0.15, 0.2) is 0 Å². The van der Waals surface area contributed by atoms with Crippen LogP contribution in [0, 0.1) is 6.92 Å². The maximum Gasteiger partial charge on any atom is 0.124 e. The molecular formula is C20H24N2O. The lowest BCUT2D eigenvalue weighted by Crippen LogP contribution is -2.02. The Morgan fingerprint density at radius 1 is 1.26 bits per heavy atom. The van der Waals surface area contributed by atoms with Gasteiger partial charge in [0.1, 0.15) is 5.75 Å². The molecule has 0 radical (unpaired) electrons. The minimum atomic E-state index is 0.260. The Labute approximate surface area is 138 Å². The zero-order valence-electron chi connectivity index (χ0n) is 14.1. The minimum absolute atomic E-state index is 0.260. The molecule has 23 heavy (non-hydrogen) atoms. The highest BCUT2D eigenvalue weighted by Gasteiger charge is 2.11. The molecule has 0 atom stereocenters. The van der Waals surface area contributed by atoms with Crippen molar-refractivity contribution in [2.75, 3.05) is 0 Å². The van der Waals surface area contributed by atoms with E-state index >= 15 is 0 Å². The quantitative estimate of drug-likeness (QED) is 0.770. The molecule has 0 bridgehead atoms. The zero-order valence-corrected chi connectivity index (χ0v) is 14.1. The largest absolute Gasteiger partial charge is 0.507 e. The monoisotopic (exact) mass is 308 g/mol. The van der Waals surface area contributed by atoms with Crippen molar-refractivity contribution in [3.63, 3.8) is 0 Å². The summed E-state index contributed by atoms with van der Waals surface area (Å²) in [7, 11) is 0. The van der Waals surface area contributed by atoms with E-state index in [1.807, 2.05) is 38.1 Å². The van der Waals surface area contributed by atoms with Crippen molar-refractivity contribution in [3.05, 3.63) is 65.5 Å². The molecule has 0 saturated heterocycles. The molecule has 1 heterocycles. The van der Waals surface area contributed by atoms with Crippen LogP contribution in [0.5, 0.6) is 5.75 Å². The van der Waals surface area contributed by atoms with Crippen molar-refractivity contribution in [2.24, 2.45) is 4.99 Å². The summed E-state index contributed by atoms with van der Waals surface area (Å²) in [5.41, 5.74) is 5.29. The van der Waals surface area contributed by atoms with Crippen LogP contribution in [0.2, 0.25) is 0 Å². The standard InChI is InChI=1S/C20H24N2O/c1-5-8-16-10-11-19(23)17(13-16)18(6-2)22-15(4)20-14(3)9-7-12-21-20/h7,9-13,23H,4-6,8H2,1-3H3. The van der Waals surface area contributed by atoms with Gasteiger partial charge in [0.05, 0.1) is 17.1 Å². The number of aliphatic imine (C=N–C) groups is 1. The summed E-state index contributed by atoms with van der Waals surface area (Å²) in [5.74, 6) is 0.260. The molecule has 1 aromatic heterocycles. The number of phenolic OH excluding ortho intramolecular Hbond substituents is 1. The Kier molecular flexibility index (Phi) is 5.69. The number of phenols is 1. The van der Waals surface area contributed by atoms with Gasteiger partial charge in [-0.1, -0.05) is 39.0 Å². The molecule has 3 nitrogen and oxygen atoms in total. The van der Waals surface area contributed by atoms with Crippen LogP contribution in [0.15, 0.2) is 48.1 Å². The maximum absolute atomic E-state index is 10.2. The fourth-order valence-electron chi connectivity index (χ4n) is 2.59. The van der Waals surface area contributed by atoms with Crippen LogP contribution in [0.1, 0.15) is 49.1 Å². The first kappa shape index (κ1) is 16.9. The van der Waals surface area contributed by atoms with Gasteiger partial charge < -0.3 is 5.11 Å². The Bertz CT molecular complexity index is 732. The van der Waals surface area contributed by atoms with Gasteiger partial charge in [-0.3, -0.25) is 9.98 Å². The lowest BCUT2D eigenvalue weighted by atomic mass is 10.0. The second-order valence-corrected chi connectivity index (χ2v) is 5.63. The Hall–Kier alpha value is -2.42. The number of rotatable bonds is 6.